The second-order valence-corrected chi connectivity index (χ2v) is 11.1. The summed E-state index contributed by atoms with van der Waals surface area (Å²) in [4.78, 5) is 29.0. The largest absolute Gasteiger partial charge is 0.508 e. The summed E-state index contributed by atoms with van der Waals surface area (Å²) in [6.45, 7) is 3.87. The van der Waals surface area contributed by atoms with Gasteiger partial charge in [0, 0.05) is 5.75 Å². The Hall–Kier alpha value is -3.95. The molecule has 2 aromatic heterocycles. The van der Waals surface area contributed by atoms with Crippen LogP contribution in [0, 0.1) is 13.8 Å². The molecular formula is C28H21N3O4S2. The maximum absolute atomic E-state index is 13.8. The fraction of sp³-hybridized carbons (Fsp3) is 0.143. The first-order valence-electron chi connectivity index (χ1n) is 11.6. The molecule has 0 saturated heterocycles. The van der Waals surface area contributed by atoms with Crippen molar-refractivity contribution in [1.82, 2.24) is 10.2 Å². The number of aromatic hydroxyl groups is 1. The van der Waals surface area contributed by atoms with E-state index < -0.39 is 11.9 Å². The topological polar surface area (TPSA) is 96.5 Å². The minimum atomic E-state index is -0.759. The summed E-state index contributed by atoms with van der Waals surface area (Å²) in [7, 11) is 0. The lowest BCUT2D eigenvalue weighted by Gasteiger charge is -2.22. The van der Waals surface area contributed by atoms with Crippen LogP contribution in [0.1, 0.15) is 44.4 Å². The zero-order valence-electron chi connectivity index (χ0n) is 20.0. The highest BCUT2D eigenvalue weighted by Crippen LogP contribution is 2.43. The second kappa shape index (κ2) is 9.17. The number of carbonyl (C=O) groups excluding carboxylic acids is 1. The molecule has 0 saturated carbocycles. The summed E-state index contributed by atoms with van der Waals surface area (Å²) < 4.78 is 6.79. The molecule has 1 atom stereocenters. The van der Waals surface area contributed by atoms with Gasteiger partial charge >= 0.3 is 0 Å². The first kappa shape index (κ1) is 23.4. The average Bonchev–Trinajstić information content (AvgIpc) is 3.48. The van der Waals surface area contributed by atoms with Crippen LogP contribution in [0.5, 0.6) is 5.75 Å². The lowest BCUT2D eigenvalue weighted by Crippen LogP contribution is -2.29. The van der Waals surface area contributed by atoms with Crippen molar-refractivity contribution in [3.63, 3.8) is 0 Å². The molecule has 0 spiro atoms. The molecule has 1 amide bonds. The Balaban J connectivity index is 1.46. The Labute approximate surface area is 220 Å². The molecule has 1 N–H and O–H groups in total. The molecule has 1 unspecified atom stereocenters. The lowest BCUT2D eigenvalue weighted by atomic mass is 9.97. The molecule has 184 valence electrons. The number of anilines is 1. The molecule has 6 rings (SSSR count). The highest BCUT2D eigenvalue weighted by molar-refractivity contribution is 8.00. The number of phenols is 1. The Morgan fingerprint density at radius 2 is 1.73 bits per heavy atom. The van der Waals surface area contributed by atoms with Crippen LogP contribution in [0.4, 0.5) is 5.13 Å². The highest BCUT2D eigenvalue weighted by atomic mass is 32.2. The fourth-order valence-electron chi connectivity index (χ4n) is 4.47. The van der Waals surface area contributed by atoms with Gasteiger partial charge in [0.25, 0.3) is 5.91 Å². The van der Waals surface area contributed by atoms with Crippen LogP contribution in [0.3, 0.4) is 0 Å². The number of fused-ring (bicyclic) bond motifs is 2. The van der Waals surface area contributed by atoms with E-state index in [-0.39, 0.29) is 22.5 Å². The number of hydrogen-bond donors (Lipinski definition) is 1. The average molecular weight is 528 g/mol. The van der Waals surface area contributed by atoms with Gasteiger partial charge in [-0.15, -0.1) is 10.2 Å². The summed E-state index contributed by atoms with van der Waals surface area (Å²) in [6, 6.07) is 19.3. The predicted octanol–water partition coefficient (Wildman–Crippen LogP) is 6.01. The molecule has 1 aliphatic heterocycles. The summed E-state index contributed by atoms with van der Waals surface area (Å²) >= 11 is 2.83. The summed E-state index contributed by atoms with van der Waals surface area (Å²) in [6.07, 6.45) is 0. The van der Waals surface area contributed by atoms with E-state index in [1.807, 2.05) is 44.2 Å². The number of aromatic nitrogens is 2. The van der Waals surface area contributed by atoms with Crippen LogP contribution in [0.25, 0.3) is 11.0 Å². The number of carbonyl (C=O) groups is 1. The van der Waals surface area contributed by atoms with Crippen LogP contribution in [0.15, 0.2) is 80.3 Å². The van der Waals surface area contributed by atoms with Crippen molar-refractivity contribution >= 4 is 45.1 Å². The normalized spacial score (nSPS) is 14.9. The Bertz CT molecular complexity index is 1710. The van der Waals surface area contributed by atoms with E-state index in [1.54, 1.807) is 24.3 Å². The molecule has 5 aromatic rings. The fourth-order valence-corrected chi connectivity index (χ4v) is 6.30. The van der Waals surface area contributed by atoms with Crippen LogP contribution in [0.2, 0.25) is 0 Å². The zero-order valence-corrected chi connectivity index (χ0v) is 21.6. The van der Waals surface area contributed by atoms with E-state index in [0.29, 0.717) is 26.0 Å². The zero-order chi connectivity index (χ0) is 25.7. The van der Waals surface area contributed by atoms with Crippen LogP contribution < -0.4 is 10.3 Å². The Kier molecular flexibility index (Phi) is 5.81. The summed E-state index contributed by atoms with van der Waals surface area (Å²) in [5.41, 5.74) is 4.14. The number of hydrogen-bond acceptors (Lipinski definition) is 8. The van der Waals surface area contributed by atoms with Gasteiger partial charge in [-0.05, 0) is 60.4 Å². The Morgan fingerprint density at radius 1 is 1.00 bits per heavy atom. The van der Waals surface area contributed by atoms with E-state index in [0.717, 1.165) is 22.4 Å². The highest BCUT2D eigenvalue weighted by Gasteiger charge is 2.45. The van der Waals surface area contributed by atoms with Crippen molar-refractivity contribution in [2.24, 2.45) is 0 Å². The smallest absolute Gasteiger partial charge is 0.297 e. The molecule has 0 fully saturated rings. The molecule has 0 bridgehead atoms. The monoisotopic (exact) mass is 527 g/mol. The SMILES string of the molecule is Cc1cc2oc3c(c(=O)c2cc1C)C(c1ccc(O)cc1)N(c1nnc(SCc2ccccc2)s1)C3=O. The van der Waals surface area contributed by atoms with Crippen molar-refractivity contribution < 1.29 is 14.3 Å². The molecule has 37 heavy (non-hydrogen) atoms. The van der Waals surface area contributed by atoms with Crippen LogP contribution >= 0.6 is 23.1 Å². The van der Waals surface area contributed by atoms with Crippen molar-refractivity contribution in [3.8, 4) is 5.75 Å². The number of phenolic OH excluding ortho intramolecular Hbond substituents is 1. The number of thioether (sulfide) groups is 1. The van der Waals surface area contributed by atoms with Crippen LogP contribution in [-0.2, 0) is 5.75 Å². The molecule has 1 aliphatic rings. The van der Waals surface area contributed by atoms with Gasteiger partial charge in [0.05, 0.1) is 17.0 Å². The van der Waals surface area contributed by atoms with Crippen molar-refractivity contribution in [1.29, 1.82) is 0 Å². The third-order valence-corrected chi connectivity index (χ3v) is 8.63. The van der Waals surface area contributed by atoms with Gasteiger partial charge in [-0.2, -0.15) is 0 Å². The van der Waals surface area contributed by atoms with Gasteiger partial charge in [-0.1, -0.05) is 65.6 Å². The minimum absolute atomic E-state index is 0.00696. The van der Waals surface area contributed by atoms with E-state index in [2.05, 4.69) is 10.2 Å². The second-order valence-electron chi connectivity index (χ2n) is 8.90. The lowest BCUT2D eigenvalue weighted by molar-refractivity contribution is 0.0970. The van der Waals surface area contributed by atoms with Crippen LogP contribution in [-0.4, -0.2) is 21.2 Å². The number of benzene rings is 3. The predicted molar refractivity (Wildman–Crippen MR) is 145 cm³/mol. The van der Waals surface area contributed by atoms with Crippen molar-refractivity contribution in [2.75, 3.05) is 4.90 Å². The molecular weight excluding hydrogens is 506 g/mol. The van der Waals surface area contributed by atoms with E-state index in [1.165, 1.54) is 40.1 Å². The van der Waals surface area contributed by atoms with E-state index in [9.17, 15) is 14.7 Å². The van der Waals surface area contributed by atoms with Gasteiger partial charge in [0.15, 0.2) is 9.77 Å². The Morgan fingerprint density at radius 3 is 2.49 bits per heavy atom. The number of amides is 1. The third kappa shape index (κ3) is 4.10. The van der Waals surface area contributed by atoms with Gasteiger partial charge in [-0.25, -0.2) is 0 Å². The first-order chi connectivity index (χ1) is 17.9. The molecule has 0 aliphatic carbocycles. The molecule has 7 nitrogen and oxygen atoms in total. The maximum atomic E-state index is 13.8. The van der Waals surface area contributed by atoms with E-state index in [4.69, 9.17) is 4.42 Å². The van der Waals surface area contributed by atoms with Gasteiger partial charge in [-0.3, -0.25) is 14.5 Å². The molecule has 9 heteroatoms. The minimum Gasteiger partial charge on any atom is -0.508 e. The van der Waals surface area contributed by atoms with Gasteiger partial charge in [0.2, 0.25) is 10.9 Å². The maximum Gasteiger partial charge on any atom is 0.297 e. The first-order valence-corrected chi connectivity index (χ1v) is 13.4. The third-order valence-electron chi connectivity index (χ3n) is 6.50. The number of rotatable bonds is 5. The van der Waals surface area contributed by atoms with Crippen molar-refractivity contribution in [2.45, 2.75) is 30.0 Å². The van der Waals surface area contributed by atoms with Crippen molar-refractivity contribution in [3.05, 3.63) is 111 Å². The molecule has 0 radical (unpaired) electrons. The molecule has 3 aromatic carbocycles. The number of aryl methyl sites for hydroxylation is 2. The standard InChI is InChI=1S/C28H21N3O4S2/c1-15-12-20-21(13-16(15)2)35-25-22(24(20)33)23(18-8-10-19(32)11-9-18)31(26(25)34)27-29-30-28(37-27)36-14-17-6-4-3-5-7-17/h3-13,23,32H,14H2,1-2H3. The molecule has 3 heterocycles. The quantitative estimate of drug-likeness (QED) is 0.221. The number of nitrogens with zero attached hydrogens (tertiary/aromatic N) is 3. The van der Waals surface area contributed by atoms with Gasteiger partial charge in [0.1, 0.15) is 11.3 Å². The summed E-state index contributed by atoms with van der Waals surface area (Å²) in [5.74, 6) is 0.371. The van der Waals surface area contributed by atoms with E-state index >= 15 is 0 Å². The van der Waals surface area contributed by atoms with Gasteiger partial charge < -0.3 is 9.52 Å². The summed E-state index contributed by atoms with van der Waals surface area (Å²) in [5, 5.41) is 19.3.